The predicted octanol–water partition coefficient (Wildman–Crippen LogP) is 3.03. The topological polar surface area (TPSA) is 18.5 Å². The average molecular weight is 182 g/mol. The summed E-state index contributed by atoms with van der Waals surface area (Å²) in [6, 6.07) is 0. The highest BCUT2D eigenvalue weighted by Gasteiger charge is 2.00. The third kappa shape index (κ3) is 4.41. The van der Waals surface area contributed by atoms with Gasteiger partial charge in [-0.25, -0.2) is 0 Å². The zero-order valence-electron chi connectivity index (χ0n) is 8.83. The number of hydrogen-bond acceptors (Lipinski definition) is 2. The van der Waals surface area contributed by atoms with Gasteiger partial charge in [-0.3, -0.25) is 0 Å². The fourth-order valence-electron chi connectivity index (χ4n) is 0.910. The minimum Gasteiger partial charge on any atom is -0.493 e. The van der Waals surface area contributed by atoms with E-state index in [9.17, 15) is 0 Å². The molecule has 0 N–H and O–H groups in total. The smallest absolute Gasteiger partial charge is 0.160 e. The first-order valence-corrected chi connectivity index (χ1v) is 4.46. The van der Waals surface area contributed by atoms with Gasteiger partial charge in [-0.2, -0.15) is 0 Å². The second-order valence-corrected chi connectivity index (χ2v) is 2.37. The van der Waals surface area contributed by atoms with Gasteiger partial charge >= 0.3 is 0 Å². The van der Waals surface area contributed by atoms with Crippen molar-refractivity contribution in [2.45, 2.75) is 20.8 Å². The maximum absolute atomic E-state index is 5.40. The third-order valence-electron chi connectivity index (χ3n) is 1.40. The van der Waals surface area contributed by atoms with Crippen molar-refractivity contribution in [3.63, 3.8) is 0 Å². The number of hydrogen-bond donors (Lipinski definition) is 0. The molecule has 0 rings (SSSR count). The highest BCUT2D eigenvalue weighted by molar-refractivity contribution is 5.24. The summed E-state index contributed by atoms with van der Waals surface area (Å²) >= 11 is 0. The molecule has 2 nitrogen and oxygen atoms in total. The second-order valence-electron chi connectivity index (χ2n) is 2.37. The lowest BCUT2D eigenvalue weighted by atomic mass is 10.3. The Bertz CT molecular complexity index is 212. The van der Waals surface area contributed by atoms with Gasteiger partial charge < -0.3 is 9.47 Å². The van der Waals surface area contributed by atoms with Crippen molar-refractivity contribution < 1.29 is 9.47 Å². The van der Waals surface area contributed by atoms with Gasteiger partial charge in [0.25, 0.3) is 0 Å². The molecule has 0 fully saturated rings. The van der Waals surface area contributed by atoms with E-state index in [-0.39, 0.29) is 0 Å². The molecule has 0 spiro atoms. The Labute approximate surface area is 80.5 Å². The van der Waals surface area contributed by atoms with E-state index in [0.717, 1.165) is 11.5 Å². The van der Waals surface area contributed by atoms with Gasteiger partial charge in [0.2, 0.25) is 0 Å². The van der Waals surface area contributed by atoms with Crippen molar-refractivity contribution in [3.8, 4) is 0 Å². The van der Waals surface area contributed by atoms with Crippen molar-refractivity contribution in [2.24, 2.45) is 0 Å². The molecule has 0 aliphatic heterocycles. The van der Waals surface area contributed by atoms with E-state index in [1.165, 1.54) is 0 Å². The Morgan fingerprint density at radius 2 is 1.62 bits per heavy atom. The molecule has 13 heavy (non-hydrogen) atoms. The molecule has 0 aromatic carbocycles. The number of allylic oxidation sites excluding steroid dienone is 4. The maximum Gasteiger partial charge on any atom is 0.160 e. The molecule has 0 radical (unpaired) electrons. The first kappa shape index (κ1) is 11.8. The van der Waals surface area contributed by atoms with Crippen LogP contribution in [0.2, 0.25) is 0 Å². The van der Waals surface area contributed by atoms with Gasteiger partial charge in [0.05, 0.1) is 13.7 Å². The van der Waals surface area contributed by atoms with Crippen LogP contribution in [0, 0.1) is 0 Å². The third-order valence-corrected chi connectivity index (χ3v) is 1.40. The Morgan fingerprint density at radius 1 is 1.08 bits per heavy atom. The largest absolute Gasteiger partial charge is 0.493 e. The predicted molar refractivity (Wildman–Crippen MR) is 55.3 cm³/mol. The lowest BCUT2D eigenvalue weighted by molar-refractivity contribution is 0.205. The number of ether oxygens (including phenoxy) is 2. The van der Waals surface area contributed by atoms with E-state index >= 15 is 0 Å². The van der Waals surface area contributed by atoms with Crippen molar-refractivity contribution in [1.29, 1.82) is 0 Å². The minimum absolute atomic E-state index is 0.643. The standard InChI is InChI=1S/C11H18O2/c1-5-8-10(12-4)11(9-6-2)13-7-3/h5-6,8-9H,7H2,1-4H3/b8-5+,9-6-,11-10-. The summed E-state index contributed by atoms with van der Waals surface area (Å²) in [5.74, 6) is 1.52. The summed E-state index contributed by atoms with van der Waals surface area (Å²) in [6.07, 6.45) is 7.61. The van der Waals surface area contributed by atoms with Crippen LogP contribution in [0.5, 0.6) is 0 Å². The Hall–Kier alpha value is -1.18. The molecule has 0 amide bonds. The van der Waals surface area contributed by atoms with E-state index in [1.54, 1.807) is 7.11 Å². The van der Waals surface area contributed by atoms with Gasteiger partial charge in [0, 0.05) is 0 Å². The number of rotatable bonds is 5. The molecule has 0 bridgehead atoms. The second kappa shape index (κ2) is 7.47. The molecule has 0 atom stereocenters. The highest BCUT2D eigenvalue weighted by Crippen LogP contribution is 2.10. The van der Waals surface area contributed by atoms with Gasteiger partial charge in [-0.15, -0.1) is 0 Å². The van der Waals surface area contributed by atoms with E-state index < -0.39 is 0 Å². The molecule has 0 heterocycles. The summed E-state index contributed by atoms with van der Waals surface area (Å²) in [5, 5.41) is 0. The van der Waals surface area contributed by atoms with Crippen molar-refractivity contribution in [1.82, 2.24) is 0 Å². The van der Waals surface area contributed by atoms with Crippen LogP contribution in [0.1, 0.15) is 20.8 Å². The first-order valence-electron chi connectivity index (χ1n) is 4.46. The van der Waals surface area contributed by atoms with Crippen LogP contribution in [0.4, 0.5) is 0 Å². The molecule has 0 unspecified atom stereocenters. The summed E-state index contributed by atoms with van der Waals surface area (Å²) in [5.41, 5.74) is 0. The lowest BCUT2D eigenvalue weighted by Gasteiger charge is -2.08. The van der Waals surface area contributed by atoms with E-state index in [0.29, 0.717) is 6.61 Å². The van der Waals surface area contributed by atoms with E-state index in [4.69, 9.17) is 9.47 Å². The molecule has 0 saturated heterocycles. The zero-order valence-corrected chi connectivity index (χ0v) is 8.83. The van der Waals surface area contributed by atoms with Gasteiger partial charge in [-0.1, -0.05) is 12.2 Å². The molecule has 0 aliphatic carbocycles. The quantitative estimate of drug-likeness (QED) is 0.480. The lowest BCUT2D eigenvalue weighted by Crippen LogP contribution is -1.95. The number of methoxy groups -OCH3 is 1. The van der Waals surface area contributed by atoms with Crippen LogP contribution in [0.25, 0.3) is 0 Å². The molecular formula is C11H18O2. The molecule has 0 aromatic rings. The fraction of sp³-hybridized carbons (Fsp3) is 0.455. The molecule has 0 saturated carbocycles. The summed E-state index contributed by atoms with van der Waals surface area (Å²) < 4.78 is 10.6. The maximum atomic E-state index is 5.40. The van der Waals surface area contributed by atoms with Crippen molar-refractivity contribution in [3.05, 3.63) is 35.8 Å². The Kier molecular flexibility index (Phi) is 6.79. The van der Waals surface area contributed by atoms with Crippen LogP contribution in [-0.2, 0) is 9.47 Å². The van der Waals surface area contributed by atoms with Crippen LogP contribution >= 0.6 is 0 Å². The molecule has 74 valence electrons. The molecular weight excluding hydrogens is 164 g/mol. The monoisotopic (exact) mass is 182 g/mol. The van der Waals surface area contributed by atoms with Crippen LogP contribution in [0.3, 0.4) is 0 Å². The van der Waals surface area contributed by atoms with Gasteiger partial charge in [0.1, 0.15) is 0 Å². The van der Waals surface area contributed by atoms with E-state index in [2.05, 4.69) is 0 Å². The molecule has 0 aromatic heterocycles. The zero-order chi connectivity index (χ0) is 10.1. The Balaban J connectivity index is 4.76. The van der Waals surface area contributed by atoms with Crippen LogP contribution < -0.4 is 0 Å². The van der Waals surface area contributed by atoms with Crippen LogP contribution in [0.15, 0.2) is 35.8 Å². The summed E-state index contributed by atoms with van der Waals surface area (Å²) in [4.78, 5) is 0. The van der Waals surface area contributed by atoms with E-state index in [1.807, 2.05) is 45.1 Å². The van der Waals surface area contributed by atoms with Gasteiger partial charge in [0.15, 0.2) is 11.5 Å². The molecule has 2 heteroatoms. The summed E-state index contributed by atoms with van der Waals surface area (Å²) in [6.45, 7) is 6.48. The normalized spacial score (nSPS) is 13.5. The fourth-order valence-corrected chi connectivity index (χ4v) is 0.910. The van der Waals surface area contributed by atoms with Gasteiger partial charge in [-0.05, 0) is 32.9 Å². The highest BCUT2D eigenvalue weighted by atomic mass is 16.5. The Morgan fingerprint density at radius 3 is 2.00 bits per heavy atom. The molecule has 0 aliphatic rings. The SMILES string of the molecule is C\C=C/C(OCC)=C(\C=C\C)OC. The van der Waals surface area contributed by atoms with Crippen molar-refractivity contribution >= 4 is 0 Å². The average Bonchev–Trinajstić information content (AvgIpc) is 2.14. The van der Waals surface area contributed by atoms with Crippen LogP contribution in [-0.4, -0.2) is 13.7 Å². The minimum atomic E-state index is 0.643. The van der Waals surface area contributed by atoms with Crippen molar-refractivity contribution in [2.75, 3.05) is 13.7 Å². The summed E-state index contributed by atoms with van der Waals surface area (Å²) in [7, 11) is 1.64. The first-order chi connectivity index (χ1) is 6.29.